The van der Waals surface area contributed by atoms with Crippen LogP contribution in [0.25, 0.3) is 0 Å². The Labute approximate surface area is 81.4 Å². The van der Waals surface area contributed by atoms with Gasteiger partial charge in [0.25, 0.3) is 5.69 Å². The summed E-state index contributed by atoms with van der Waals surface area (Å²) in [5, 5.41) is 15.4. The van der Waals surface area contributed by atoms with Crippen molar-refractivity contribution in [2.75, 3.05) is 0 Å². The van der Waals surface area contributed by atoms with Crippen molar-refractivity contribution in [1.82, 2.24) is 0 Å². The van der Waals surface area contributed by atoms with Gasteiger partial charge in [0.15, 0.2) is 0 Å². The van der Waals surface area contributed by atoms with Gasteiger partial charge in [0.2, 0.25) is 0 Å². The highest BCUT2D eigenvalue weighted by atomic mass is 32.2. The SMILES string of the molecule is CC.NSc1ccc([N+](=O)[O-])cc1. The Balaban J connectivity index is 0.000000671. The second-order valence-corrected chi connectivity index (χ2v) is 2.58. The van der Waals surface area contributed by atoms with E-state index in [1.165, 1.54) is 12.1 Å². The maximum atomic E-state index is 10.2. The quantitative estimate of drug-likeness (QED) is 0.452. The van der Waals surface area contributed by atoms with Crippen molar-refractivity contribution in [1.29, 1.82) is 0 Å². The Morgan fingerprint density at radius 3 is 2.08 bits per heavy atom. The van der Waals surface area contributed by atoms with Crippen LogP contribution < -0.4 is 5.14 Å². The number of nitro groups is 1. The zero-order chi connectivity index (χ0) is 10.3. The third-order valence-corrected chi connectivity index (χ3v) is 1.73. The van der Waals surface area contributed by atoms with Gasteiger partial charge in [0.1, 0.15) is 0 Å². The molecule has 72 valence electrons. The van der Waals surface area contributed by atoms with Crippen LogP contribution in [-0.4, -0.2) is 4.92 Å². The molecule has 0 atom stereocenters. The van der Waals surface area contributed by atoms with E-state index in [-0.39, 0.29) is 5.69 Å². The summed E-state index contributed by atoms with van der Waals surface area (Å²) in [5.41, 5.74) is 0.0859. The summed E-state index contributed by atoms with van der Waals surface area (Å²) in [6.07, 6.45) is 0. The largest absolute Gasteiger partial charge is 0.274 e. The van der Waals surface area contributed by atoms with Crippen LogP contribution in [-0.2, 0) is 0 Å². The number of rotatable bonds is 2. The summed E-state index contributed by atoms with van der Waals surface area (Å²) < 4.78 is 0. The number of nitro benzene ring substituents is 1. The third-order valence-electron chi connectivity index (χ3n) is 1.18. The molecule has 0 fully saturated rings. The van der Waals surface area contributed by atoms with Crippen molar-refractivity contribution >= 4 is 17.6 Å². The summed E-state index contributed by atoms with van der Waals surface area (Å²) in [6.45, 7) is 4.00. The molecule has 0 saturated heterocycles. The van der Waals surface area contributed by atoms with E-state index in [9.17, 15) is 10.1 Å². The summed E-state index contributed by atoms with van der Waals surface area (Å²) in [5.74, 6) is 0. The van der Waals surface area contributed by atoms with E-state index in [2.05, 4.69) is 0 Å². The second kappa shape index (κ2) is 6.45. The maximum absolute atomic E-state index is 10.2. The fourth-order valence-electron chi connectivity index (χ4n) is 0.646. The smallest absolute Gasteiger partial charge is 0.269 e. The number of hydrogen-bond acceptors (Lipinski definition) is 4. The van der Waals surface area contributed by atoms with Crippen LogP contribution in [0.3, 0.4) is 0 Å². The topological polar surface area (TPSA) is 69.2 Å². The van der Waals surface area contributed by atoms with Crippen LogP contribution >= 0.6 is 11.9 Å². The van der Waals surface area contributed by atoms with E-state index >= 15 is 0 Å². The highest BCUT2D eigenvalue weighted by molar-refractivity contribution is 7.97. The van der Waals surface area contributed by atoms with E-state index in [4.69, 9.17) is 5.14 Å². The lowest BCUT2D eigenvalue weighted by atomic mass is 10.3. The summed E-state index contributed by atoms with van der Waals surface area (Å²) in [6, 6.07) is 6.08. The van der Waals surface area contributed by atoms with Gasteiger partial charge in [-0.3, -0.25) is 15.3 Å². The van der Waals surface area contributed by atoms with Crippen molar-refractivity contribution in [3.63, 3.8) is 0 Å². The van der Waals surface area contributed by atoms with Gasteiger partial charge in [-0.25, -0.2) is 0 Å². The van der Waals surface area contributed by atoms with E-state index < -0.39 is 4.92 Å². The van der Waals surface area contributed by atoms with E-state index in [1.54, 1.807) is 12.1 Å². The molecule has 0 saturated carbocycles. The Morgan fingerprint density at radius 1 is 1.31 bits per heavy atom. The normalized spacial score (nSPS) is 8.54. The predicted molar refractivity (Wildman–Crippen MR) is 54.5 cm³/mol. The zero-order valence-electron chi connectivity index (χ0n) is 7.56. The third kappa shape index (κ3) is 3.91. The lowest BCUT2D eigenvalue weighted by molar-refractivity contribution is -0.384. The predicted octanol–water partition coefficient (Wildman–Crippen LogP) is 2.59. The van der Waals surface area contributed by atoms with Crippen LogP contribution in [0, 0.1) is 10.1 Å². The summed E-state index contributed by atoms with van der Waals surface area (Å²) >= 11 is 1.07. The molecular formula is C8H12N2O2S. The van der Waals surface area contributed by atoms with Crippen LogP contribution in [0.2, 0.25) is 0 Å². The van der Waals surface area contributed by atoms with Gasteiger partial charge in [-0.05, 0) is 24.1 Å². The average molecular weight is 200 g/mol. The van der Waals surface area contributed by atoms with Crippen molar-refractivity contribution in [2.45, 2.75) is 18.7 Å². The van der Waals surface area contributed by atoms with Crippen LogP contribution in [0.5, 0.6) is 0 Å². The van der Waals surface area contributed by atoms with Gasteiger partial charge < -0.3 is 0 Å². The Hall–Kier alpha value is -1.07. The number of hydrogen-bond donors (Lipinski definition) is 1. The second-order valence-electron chi connectivity index (χ2n) is 1.87. The maximum Gasteiger partial charge on any atom is 0.269 e. The molecule has 1 aromatic rings. The van der Waals surface area contributed by atoms with Crippen molar-refractivity contribution < 1.29 is 4.92 Å². The fourth-order valence-corrected chi connectivity index (χ4v) is 0.940. The first-order valence-corrected chi connectivity index (χ1v) is 4.73. The molecule has 4 nitrogen and oxygen atoms in total. The Bertz CT molecular complexity index is 261. The van der Waals surface area contributed by atoms with Gasteiger partial charge in [0, 0.05) is 17.0 Å². The first-order chi connectivity index (χ1) is 6.24. The molecule has 0 aliphatic rings. The molecule has 5 heteroatoms. The minimum Gasteiger partial charge on any atom is -0.274 e. The van der Waals surface area contributed by atoms with Crippen molar-refractivity contribution in [2.24, 2.45) is 5.14 Å². The molecule has 0 aromatic heterocycles. The van der Waals surface area contributed by atoms with Crippen LogP contribution in [0.15, 0.2) is 29.2 Å². The molecular weight excluding hydrogens is 188 g/mol. The summed E-state index contributed by atoms with van der Waals surface area (Å²) in [7, 11) is 0. The molecule has 1 rings (SSSR count). The lowest BCUT2D eigenvalue weighted by Gasteiger charge is -1.93. The number of nitrogens with two attached hydrogens (primary N) is 1. The highest BCUT2D eigenvalue weighted by Crippen LogP contribution is 2.16. The first-order valence-electron chi connectivity index (χ1n) is 3.85. The molecule has 0 bridgehead atoms. The molecule has 0 spiro atoms. The van der Waals surface area contributed by atoms with E-state index in [0.29, 0.717) is 0 Å². The molecule has 0 amide bonds. The standard InChI is InChI=1S/C6H6N2O2S.C2H6/c7-11-6-3-1-5(2-4-6)8(9)10;1-2/h1-4H,7H2;1-2H3. The summed E-state index contributed by atoms with van der Waals surface area (Å²) in [4.78, 5) is 10.5. The van der Waals surface area contributed by atoms with Crippen LogP contribution in [0.1, 0.15) is 13.8 Å². The molecule has 0 heterocycles. The monoisotopic (exact) mass is 200 g/mol. The molecule has 0 unspecified atom stereocenters. The Kier molecular flexibility index (Phi) is 5.92. The fraction of sp³-hybridized carbons (Fsp3) is 0.250. The van der Waals surface area contributed by atoms with Crippen molar-refractivity contribution in [3.05, 3.63) is 34.4 Å². The molecule has 0 aliphatic carbocycles. The van der Waals surface area contributed by atoms with Gasteiger partial charge in [0.05, 0.1) is 4.92 Å². The van der Waals surface area contributed by atoms with E-state index in [0.717, 1.165) is 16.8 Å². The van der Waals surface area contributed by atoms with Gasteiger partial charge in [-0.2, -0.15) is 0 Å². The molecule has 2 N–H and O–H groups in total. The van der Waals surface area contributed by atoms with Gasteiger partial charge in [-0.15, -0.1) is 0 Å². The highest BCUT2D eigenvalue weighted by Gasteiger charge is 2.02. The van der Waals surface area contributed by atoms with Gasteiger partial charge >= 0.3 is 0 Å². The van der Waals surface area contributed by atoms with Gasteiger partial charge in [-0.1, -0.05) is 13.8 Å². The molecule has 13 heavy (non-hydrogen) atoms. The van der Waals surface area contributed by atoms with Crippen molar-refractivity contribution in [3.8, 4) is 0 Å². The average Bonchev–Trinajstić information content (AvgIpc) is 2.21. The lowest BCUT2D eigenvalue weighted by Crippen LogP contribution is -1.87. The van der Waals surface area contributed by atoms with Crippen LogP contribution in [0.4, 0.5) is 5.69 Å². The number of nitrogens with zero attached hydrogens (tertiary/aromatic N) is 1. The Morgan fingerprint density at radius 2 is 1.77 bits per heavy atom. The first kappa shape index (κ1) is 11.9. The molecule has 0 aliphatic heterocycles. The number of non-ortho nitro benzene ring substituents is 1. The zero-order valence-corrected chi connectivity index (χ0v) is 8.38. The molecule has 1 aromatic carbocycles. The number of benzene rings is 1. The molecule has 0 radical (unpaired) electrons. The van der Waals surface area contributed by atoms with E-state index in [1.807, 2.05) is 13.8 Å². The minimum absolute atomic E-state index is 0.0859. The minimum atomic E-state index is -0.440.